The van der Waals surface area contributed by atoms with Crippen LogP contribution in [0, 0.1) is 11.3 Å². The van der Waals surface area contributed by atoms with Gasteiger partial charge in [0.15, 0.2) is 0 Å². The largest absolute Gasteiger partial charge is 0.493 e. The Balaban J connectivity index is 2.61. The molecule has 2 rings (SSSR count). The third-order valence-electron chi connectivity index (χ3n) is 5.27. The number of ether oxygens (including phenoxy) is 3. The molecule has 0 saturated heterocycles. The minimum atomic E-state index is -0.659. The van der Waals surface area contributed by atoms with Gasteiger partial charge in [-0.3, -0.25) is 4.90 Å². The molecule has 1 atom stereocenters. The van der Waals surface area contributed by atoms with Crippen molar-refractivity contribution in [2.45, 2.75) is 53.5 Å². The van der Waals surface area contributed by atoms with Crippen LogP contribution in [0.1, 0.15) is 58.1 Å². The molecule has 1 aliphatic heterocycles. The van der Waals surface area contributed by atoms with E-state index in [1.807, 2.05) is 18.2 Å². The van der Waals surface area contributed by atoms with Gasteiger partial charge in [-0.2, -0.15) is 5.26 Å². The Labute approximate surface area is 185 Å². The van der Waals surface area contributed by atoms with E-state index in [1.54, 1.807) is 13.8 Å². The third-order valence-corrected chi connectivity index (χ3v) is 5.27. The van der Waals surface area contributed by atoms with Gasteiger partial charge >= 0.3 is 5.97 Å². The summed E-state index contributed by atoms with van der Waals surface area (Å²) < 4.78 is 16.7. The van der Waals surface area contributed by atoms with E-state index in [0.29, 0.717) is 24.5 Å². The van der Waals surface area contributed by atoms with Gasteiger partial charge in [0.05, 0.1) is 24.7 Å². The van der Waals surface area contributed by atoms with Crippen LogP contribution in [-0.4, -0.2) is 37.2 Å². The van der Waals surface area contributed by atoms with Crippen LogP contribution in [0.2, 0.25) is 0 Å². The molecule has 0 radical (unpaired) electrons. The van der Waals surface area contributed by atoms with Crippen molar-refractivity contribution in [2.24, 2.45) is 5.73 Å². The number of esters is 1. The topological polar surface area (TPSA) is 97.8 Å². The summed E-state index contributed by atoms with van der Waals surface area (Å²) in [5, 5.41) is 9.79. The maximum atomic E-state index is 12.8. The van der Waals surface area contributed by atoms with Crippen LogP contribution >= 0.6 is 0 Å². The molecule has 0 saturated carbocycles. The van der Waals surface area contributed by atoms with Crippen molar-refractivity contribution < 1.29 is 19.0 Å². The van der Waals surface area contributed by atoms with Crippen LogP contribution in [0.4, 0.5) is 0 Å². The second-order valence-corrected chi connectivity index (χ2v) is 7.29. The first-order valence-electron chi connectivity index (χ1n) is 10.8. The first kappa shape index (κ1) is 24.3. The van der Waals surface area contributed by atoms with Gasteiger partial charge in [0.2, 0.25) is 5.88 Å². The Hall–Kier alpha value is -2.98. The minimum Gasteiger partial charge on any atom is -0.493 e. The van der Waals surface area contributed by atoms with E-state index in [2.05, 4.69) is 31.7 Å². The number of nitriles is 1. The van der Waals surface area contributed by atoms with Gasteiger partial charge in [-0.25, -0.2) is 4.79 Å². The molecule has 0 fully saturated rings. The molecule has 2 N–H and O–H groups in total. The maximum Gasteiger partial charge on any atom is 0.338 e. The second kappa shape index (κ2) is 11.4. The Morgan fingerprint density at radius 2 is 1.97 bits per heavy atom. The standard InChI is InChI=1S/C24H33N3O4/c1-6-12-30-20-11-10-17(13-18(20)15-27(7-2)8-3)22-19(14-25)23(26)31-16(5)21(22)24(28)29-9-4/h10-11,13,22H,6-9,12,15,26H2,1-5H3. The summed E-state index contributed by atoms with van der Waals surface area (Å²) in [5.41, 5.74) is 8.28. The highest BCUT2D eigenvalue weighted by Crippen LogP contribution is 2.41. The van der Waals surface area contributed by atoms with Crippen LogP contribution in [0.5, 0.6) is 5.75 Å². The summed E-state index contributed by atoms with van der Waals surface area (Å²) in [6.45, 7) is 13.0. The highest BCUT2D eigenvalue weighted by molar-refractivity contribution is 5.92. The molecule has 1 aromatic rings. The van der Waals surface area contributed by atoms with E-state index in [9.17, 15) is 10.1 Å². The molecule has 0 spiro atoms. The van der Waals surface area contributed by atoms with Crippen molar-refractivity contribution in [1.82, 2.24) is 4.90 Å². The molecule has 168 valence electrons. The summed E-state index contributed by atoms with van der Waals surface area (Å²) >= 11 is 0. The predicted octanol–water partition coefficient (Wildman–Crippen LogP) is 3.96. The number of nitrogens with two attached hydrogens (primary N) is 1. The summed E-state index contributed by atoms with van der Waals surface area (Å²) in [6, 6.07) is 7.91. The smallest absolute Gasteiger partial charge is 0.338 e. The Bertz CT molecular complexity index is 895. The van der Waals surface area contributed by atoms with E-state index in [0.717, 1.165) is 36.4 Å². The number of benzene rings is 1. The lowest BCUT2D eigenvalue weighted by atomic mass is 9.82. The maximum absolute atomic E-state index is 12.8. The van der Waals surface area contributed by atoms with Gasteiger partial charge in [0.1, 0.15) is 23.2 Å². The molecule has 1 unspecified atom stereocenters. The first-order valence-corrected chi connectivity index (χ1v) is 10.8. The van der Waals surface area contributed by atoms with Crippen molar-refractivity contribution >= 4 is 5.97 Å². The van der Waals surface area contributed by atoms with Crippen LogP contribution in [0.15, 0.2) is 41.0 Å². The van der Waals surface area contributed by atoms with Crippen molar-refractivity contribution in [2.75, 3.05) is 26.3 Å². The SMILES string of the molecule is CCCOc1ccc(C2C(C#N)=C(N)OC(C)=C2C(=O)OCC)cc1CN(CC)CC. The molecule has 0 amide bonds. The highest BCUT2D eigenvalue weighted by Gasteiger charge is 2.36. The predicted molar refractivity (Wildman–Crippen MR) is 119 cm³/mol. The fraction of sp³-hybridized carbons (Fsp3) is 0.500. The normalized spacial score (nSPS) is 16.2. The van der Waals surface area contributed by atoms with Gasteiger partial charge in [-0.15, -0.1) is 0 Å². The lowest BCUT2D eigenvalue weighted by Gasteiger charge is -2.28. The quantitative estimate of drug-likeness (QED) is 0.564. The zero-order valence-corrected chi connectivity index (χ0v) is 19.2. The Kier molecular flexibility index (Phi) is 8.95. The van der Waals surface area contributed by atoms with E-state index in [1.165, 1.54) is 0 Å². The molecule has 0 aromatic heterocycles. The lowest BCUT2D eigenvalue weighted by molar-refractivity contribution is -0.139. The zero-order chi connectivity index (χ0) is 23.0. The third kappa shape index (κ3) is 5.59. The molecule has 1 heterocycles. The van der Waals surface area contributed by atoms with Crippen LogP contribution < -0.4 is 10.5 Å². The summed E-state index contributed by atoms with van der Waals surface area (Å²) in [5.74, 6) is -0.0139. The molecule has 0 aliphatic carbocycles. The molecule has 7 heteroatoms. The van der Waals surface area contributed by atoms with E-state index in [4.69, 9.17) is 19.9 Å². The monoisotopic (exact) mass is 427 g/mol. The number of carbonyl (C=O) groups is 1. The van der Waals surface area contributed by atoms with Gasteiger partial charge in [0.25, 0.3) is 0 Å². The fourth-order valence-corrected chi connectivity index (χ4v) is 3.63. The molecular weight excluding hydrogens is 394 g/mol. The van der Waals surface area contributed by atoms with Gasteiger partial charge < -0.3 is 19.9 Å². The Morgan fingerprint density at radius 3 is 2.55 bits per heavy atom. The first-order chi connectivity index (χ1) is 14.9. The summed E-state index contributed by atoms with van der Waals surface area (Å²) in [6.07, 6.45) is 0.902. The number of hydrogen-bond donors (Lipinski definition) is 1. The lowest BCUT2D eigenvalue weighted by Crippen LogP contribution is -2.26. The van der Waals surface area contributed by atoms with Crippen molar-refractivity contribution in [3.05, 3.63) is 52.1 Å². The number of rotatable bonds is 10. The minimum absolute atomic E-state index is 0.00894. The molecule has 0 bridgehead atoms. The molecule has 7 nitrogen and oxygen atoms in total. The summed E-state index contributed by atoms with van der Waals surface area (Å²) in [4.78, 5) is 15.0. The molecule has 31 heavy (non-hydrogen) atoms. The fourth-order valence-electron chi connectivity index (χ4n) is 3.63. The second-order valence-electron chi connectivity index (χ2n) is 7.29. The Morgan fingerprint density at radius 1 is 1.26 bits per heavy atom. The number of allylic oxidation sites excluding steroid dienone is 2. The average Bonchev–Trinajstić information content (AvgIpc) is 2.75. The highest BCUT2D eigenvalue weighted by atomic mass is 16.5. The van der Waals surface area contributed by atoms with Crippen LogP contribution in [0.25, 0.3) is 0 Å². The molecular formula is C24H33N3O4. The van der Waals surface area contributed by atoms with Gasteiger partial charge in [-0.1, -0.05) is 26.8 Å². The molecule has 1 aromatic carbocycles. The van der Waals surface area contributed by atoms with Crippen molar-refractivity contribution in [3.8, 4) is 11.8 Å². The van der Waals surface area contributed by atoms with E-state index < -0.39 is 11.9 Å². The molecule has 1 aliphatic rings. The average molecular weight is 428 g/mol. The number of carbonyl (C=O) groups excluding carboxylic acids is 1. The zero-order valence-electron chi connectivity index (χ0n) is 19.2. The summed E-state index contributed by atoms with van der Waals surface area (Å²) in [7, 11) is 0. The number of nitrogens with zero attached hydrogens (tertiary/aromatic N) is 2. The van der Waals surface area contributed by atoms with E-state index in [-0.39, 0.29) is 18.1 Å². The van der Waals surface area contributed by atoms with E-state index >= 15 is 0 Å². The number of hydrogen-bond acceptors (Lipinski definition) is 7. The van der Waals surface area contributed by atoms with Gasteiger partial charge in [0, 0.05) is 12.1 Å². The van der Waals surface area contributed by atoms with Crippen LogP contribution in [0.3, 0.4) is 0 Å². The van der Waals surface area contributed by atoms with Crippen molar-refractivity contribution in [1.29, 1.82) is 5.26 Å². The van der Waals surface area contributed by atoms with Gasteiger partial charge in [-0.05, 0) is 51.1 Å². The van der Waals surface area contributed by atoms with Crippen LogP contribution in [-0.2, 0) is 20.8 Å². The van der Waals surface area contributed by atoms with Crippen molar-refractivity contribution in [3.63, 3.8) is 0 Å².